The largest absolute Gasteiger partial charge is 0.468 e. The summed E-state index contributed by atoms with van der Waals surface area (Å²) in [6.45, 7) is 2.64. The van der Waals surface area contributed by atoms with E-state index in [2.05, 4.69) is 4.98 Å². The molecule has 9 heteroatoms. The number of nitrogens with zero attached hydrogens (tertiary/aromatic N) is 3. The van der Waals surface area contributed by atoms with Crippen LogP contribution in [0.3, 0.4) is 0 Å². The van der Waals surface area contributed by atoms with E-state index in [0.29, 0.717) is 6.54 Å². The van der Waals surface area contributed by atoms with Gasteiger partial charge in [-0.05, 0) is 31.7 Å². The first-order chi connectivity index (χ1) is 14.4. The monoisotopic (exact) mass is 411 g/mol. The van der Waals surface area contributed by atoms with Gasteiger partial charge >= 0.3 is 5.69 Å². The Labute approximate surface area is 173 Å². The zero-order valence-electron chi connectivity index (χ0n) is 17.0. The molecule has 2 heterocycles. The summed E-state index contributed by atoms with van der Waals surface area (Å²) in [7, 11) is 1.78. The van der Waals surface area contributed by atoms with E-state index in [1.54, 1.807) is 31.2 Å². The SMILES string of the molecule is CCN(C(=O)CN(C)Cc1ccco1)c1c(N)n(Cc2ccccc2)c(=O)[nH]c1=O. The van der Waals surface area contributed by atoms with Gasteiger partial charge in [-0.25, -0.2) is 4.79 Å². The highest BCUT2D eigenvalue weighted by molar-refractivity contribution is 5.96. The van der Waals surface area contributed by atoms with Crippen molar-refractivity contribution in [1.82, 2.24) is 14.5 Å². The third kappa shape index (κ3) is 4.69. The van der Waals surface area contributed by atoms with Crippen molar-refractivity contribution in [3.05, 3.63) is 80.9 Å². The molecule has 3 aromatic rings. The van der Waals surface area contributed by atoms with Crippen LogP contribution >= 0.6 is 0 Å². The third-order valence-corrected chi connectivity index (χ3v) is 4.70. The normalized spacial score (nSPS) is 11.0. The van der Waals surface area contributed by atoms with E-state index in [0.717, 1.165) is 11.3 Å². The quantitative estimate of drug-likeness (QED) is 0.576. The Balaban J connectivity index is 1.88. The zero-order chi connectivity index (χ0) is 21.7. The zero-order valence-corrected chi connectivity index (χ0v) is 17.0. The summed E-state index contributed by atoms with van der Waals surface area (Å²) in [6, 6.07) is 12.9. The standard InChI is InChI=1S/C21H25N5O4/c1-3-25(17(27)14-24(2)13-16-10-7-11-30-16)18-19(22)26(21(29)23-20(18)28)12-15-8-5-4-6-9-15/h4-11H,3,12-14,22H2,1-2H3,(H,23,28,29). The highest BCUT2D eigenvalue weighted by Crippen LogP contribution is 2.18. The van der Waals surface area contributed by atoms with Crippen molar-refractivity contribution in [3.8, 4) is 0 Å². The molecule has 0 atom stereocenters. The first kappa shape index (κ1) is 21.1. The van der Waals surface area contributed by atoms with E-state index in [9.17, 15) is 14.4 Å². The molecule has 0 saturated carbocycles. The van der Waals surface area contributed by atoms with Gasteiger partial charge in [0.1, 0.15) is 11.6 Å². The molecule has 3 N–H and O–H groups in total. The number of carbonyl (C=O) groups is 1. The second kappa shape index (κ2) is 9.27. The van der Waals surface area contributed by atoms with Crippen molar-refractivity contribution >= 4 is 17.4 Å². The number of amides is 1. The van der Waals surface area contributed by atoms with E-state index in [4.69, 9.17) is 10.2 Å². The van der Waals surface area contributed by atoms with Crippen LogP contribution in [0.4, 0.5) is 11.5 Å². The molecular weight excluding hydrogens is 386 g/mol. The predicted octanol–water partition coefficient (Wildman–Crippen LogP) is 1.24. The van der Waals surface area contributed by atoms with Crippen LogP contribution in [0, 0.1) is 0 Å². The molecule has 158 valence electrons. The number of H-pyrrole nitrogens is 1. The number of furan rings is 1. The van der Waals surface area contributed by atoms with E-state index in [-0.39, 0.29) is 37.0 Å². The van der Waals surface area contributed by atoms with Crippen LogP contribution in [-0.4, -0.2) is 40.5 Å². The van der Waals surface area contributed by atoms with Crippen LogP contribution in [0.1, 0.15) is 18.2 Å². The highest BCUT2D eigenvalue weighted by Gasteiger charge is 2.24. The first-order valence-corrected chi connectivity index (χ1v) is 9.58. The summed E-state index contributed by atoms with van der Waals surface area (Å²) in [5.74, 6) is 0.368. The molecule has 0 aliphatic heterocycles. The van der Waals surface area contributed by atoms with E-state index >= 15 is 0 Å². The van der Waals surface area contributed by atoms with E-state index in [1.165, 1.54) is 9.47 Å². The van der Waals surface area contributed by atoms with Gasteiger partial charge in [-0.1, -0.05) is 30.3 Å². The van der Waals surface area contributed by atoms with Crippen molar-refractivity contribution in [3.63, 3.8) is 0 Å². The molecule has 0 unspecified atom stereocenters. The Morgan fingerprint density at radius 3 is 2.53 bits per heavy atom. The second-order valence-electron chi connectivity index (χ2n) is 6.95. The summed E-state index contributed by atoms with van der Waals surface area (Å²) in [5.41, 5.74) is 5.72. The minimum absolute atomic E-state index is 0.0237. The number of hydrogen-bond acceptors (Lipinski definition) is 6. The molecule has 2 aromatic heterocycles. The van der Waals surface area contributed by atoms with Gasteiger partial charge < -0.3 is 15.1 Å². The number of nitrogens with one attached hydrogen (secondary N) is 1. The maximum atomic E-state index is 12.9. The molecule has 1 aromatic carbocycles. The van der Waals surface area contributed by atoms with Crippen molar-refractivity contribution in [2.45, 2.75) is 20.0 Å². The van der Waals surface area contributed by atoms with Crippen LogP contribution in [0.2, 0.25) is 0 Å². The second-order valence-corrected chi connectivity index (χ2v) is 6.95. The fourth-order valence-corrected chi connectivity index (χ4v) is 3.26. The molecule has 0 aliphatic rings. The Kier molecular flexibility index (Phi) is 6.53. The number of hydrogen-bond donors (Lipinski definition) is 2. The lowest BCUT2D eigenvalue weighted by molar-refractivity contribution is -0.119. The Hall–Kier alpha value is -3.59. The predicted molar refractivity (Wildman–Crippen MR) is 114 cm³/mol. The van der Waals surface area contributed by atoms with Gasteiger partial charge in [0, 0.05) is 6.54 Å². The van der Waals surface area contributed by atoms with Gasteiger partial charge in [-0.2, -0.15) is 0 Å². The number of rotatable bonds is 8. The number of aromatic amines is 1. The molecule has 3 rings (SSSR count). The molecule has 0 saturated heterocycles. The number of nitrogens with two attached hydrogens (primary N) is 1. The van der Waals surface area contributed by atoms with Crippen molar-refractivity contribution in [2.75, 3.05) is 30.8 Å². The fourth-order valence-electron chi connectivity index (χ4n) is 3.26. The lowest BCUT2D eigenvalue weighted by Crippen LogP contribution is -2.44. The van der Waals surface area contributed by atoms with Gasteiger partial charge in [-0.15, -0.1) is 0 Å². The minimum atomic E-state index is -0.689. The fraction of sp³-hybridized carbons (Fsp3) is 0.286. The third-order valence-electron chi connectivity index (χ3n) is 4.70. The molecule has 30 heavy (non-hydrogen) atoms. The molecule has 0 bridgehead atoms. The first-order valence-electron chi connectivity index (χ1n) is 9.58. The number of anilines is 2. The van der Waals surface area contributed by atoms with Crippen LogP contribution in [0.15, 0.2) is 62.7 Å². The number of benzene rings is 1. The molecule has 0 fully saturated rings. The number of carbonyl (C=O) groups excluding carboxylic acids is 1. The smallest absolute Gasteiger partial charge is 0.330 e. The highest BCUT2D eigenvalue weighted by atomic mass is 16.3. The van der Waals surface area contributed by atoms with Gasteiger partial charge in [0.05, 0.1) is 25.9 Å². The van der Waals surface area contributed by atoms with E-state index < -0.39 is 11.2 Å². The topological polar surface area (TPSA) is 118 Å². The molecule has 1 amide bonds. The summed E-state index contributed by atoms with van der Waals surface area (Å²) < 4.78 is 6.56. The Morgan fingerprint density at radius 2 is 1.90 bits per heavy atom. The van der Waals surface area contributed by atoms with Gasteiger partial charge in [-0.3, -0.25) is 24.0 Å². The van der Waals surface area contributed by atoms with Crippen LogP contribution in [0.25, 0.3) is 0 Å². The van der Waals surface area contributed by atoms with Crippen LogP contribution in [-0.2, 0) is 17.9 Å². The average Bonchev–Trinajstić information content (AvgIpc) is 3.21. The molecule has 0 spiro atoms. The molecular formula is C21H25N5O4. The lowest BCUT2D eigenvalue weighted by atomic mass is 10.2. The van der Waals surface area contributed by atoms with Crippen molar-refractivity contribution < 1.29 is 9.21 Å². The lowest BCUT2D eigenvalue weighted by Gasteiger charge is -2.25. The number of likely N-dealkylation sites (N-methyl/N-ethyl adjacent to an activating group) is 2. The van der Waals surface area contributed by atoms with Crippen molar-refractivity contribution in [2.24, 2.45) is 0 Å². The van der Waals surface area contributed by atoms with Crippen LogP contribution < -0.4 is 21.9 Å². The molecule has 9 nitrogen and oxygen atoms in total. The summed E-state index contributed by atoms with van der Waals surface area (Å²) in [4.78, 5) is 43.2. The van der Waals surface area contributed by atoms with Crippen molar-refractivity contribution in [1.29, 1.82) is 0 Å². The van der Waals surface area contributed by atoms with E-state index in [1.807, 2.05) is 36.4 Å². The maximum Gasteiger partial charge on any atom is 0.330 e. The molecule has 0 radical (unpaired) electrons. The van der Waals surface area contributed by atoms with Gasteiger partial charge in [0.2, 0.25) is 5.91 Å². The minimum Gasteiger partial charge on any atom is -0.468 e. The number of aromatic nitrogens is 2. The number of nitrogen functional groups attached to an aromatic ring is 1. The van der Waals surface area contributed by atoms with Gasteiger partial charge in [0.25, 0.3) is 5.56 Å². The maximum absolute atomic E-state index is 12.9. The van der Waals surface area contributed by atoms with Crippen LogP contribution in [0.5, 0.6) is 0 Å². The summed E-state index contributed by atoms with van der Waals surface area (Å²) in [6.07, 6.45) is 1.57. The molecule has 0 aliphatic carbocycles. The Morgan fingerprint density at radius 1 is 1.17 bits per heavy atom. The van der Waals surface area contributed by atoms with Gasteiger partial charge in [0.15, 0.2) is 5.69 Å². The summed E-state index contributed by atoms with van der Waals surface area (Å²) in [5, 5.41) is 0. The summed E-state index contributed by atoms with van der Waals surface area (Å²) >= 11 is 0. The Bertz CT molecular complexity index is 1100. The average molecular weight is 411 g/mol.